The first kappa shape index (κ1) is 10.2. The van der Waals surface area contributed by atoms with E-state index in [-0.39, 0.29) is 0 Å². The molecule has 17 heavy (non-hydrogen) atoms. The molecule has 1 atom stereocenters. The van der Waals surface area contributed by atoms with Crippen molar-refractivity contribution in [2.24, 2.45) is 0 Å². The molecule has 1 aromatic carbocycles. The summed E-state index contributed by atoms with van der Waals surface area (Å²) in [6, 6.07) is 9.61. The van der Waals surface area contributed by atoms with Gasteiger partial charge in [-0.2, -0.15) is 0 Å². The van der Waals surface area contributed by atoms with Gasteiger partial charge in [-0.3, -0.25) is 0 Å². The number of aromatic nitrogens is 1. The molecule has 86 valence electrons. The Labute approximate surface area is 98.7 Å². The summed E-state index contributed by atoms with van der Waals surface area (Å²) in [5.41, 5.74) is 1.60. The van der Waals surface area contributed by atoms with E-state index in [2.05, 4.69) is 4.98 Å². The molecule has 0 fully saturated rings. The Hall–Kier alpha value is -2.00. The van der Waals surface area contributed by atoms with Crippen LogP contribution >= 0.6 is 0 Å². The quantitative estimate of drug-likeness (QED) is 0.707. The maximum absolute atomic E-state index is 10.7. The van der Waals surface area contributed by atoms with E-state index in [0.717, 1.165) is 22.0 Å². The van der Waals surface area contributed by atoms with Crippen LogP contribution in [0.15, 0.2) is 53.5 Å². The molecule has 0 aliphatic carbocycles. The van der Waals surface area contributed by atoms with E-state index in [9.17, 15) is 5.11 Å². The molecule has 0 amide bonds. The lowest BCUT2D eigenvalue weighted by molar-refractivity contribution is 0.103. The molecule has 3 heteroatoms. The molecular weight excluding hydrogens is 214 g/mol. The second kappa shape index (κ2) is 3.50. The Balaban J connectivity index is 2.24. The fraction of sp³-hybridized carbons (Fsp3) is 0.143. The van der Waals surface area contributed by atoms with Gasteiger partial charge in [-0.15, -0.1) is 0 Å². The summed E-state index contributed by atoms with van der Waals surface area (Å²) in [5.74, 6) is 0. The average Bonchev–Trinajstić information content (AvgIpc) is 2.99. The zero-order valence-corrected chi connectivity index (χ0v) is 9.47. The first-order valence-electron chi connectivity index (χ1n) is 5.51. The topological polar surface area (TPSA) is 49.2 Å². The van der Waals surface area contributed by atoms with Crippen molar-refractivity contribution in [3.63, 3.8) is 0 Å². The molecule has 0 aliphatic heterocycles. The van der Waals surface area contributed by atoms with Crippen LogP contribution in [0.1, 0.15) is 18.1 Å². The van der Waals surface area contributed by atoms with E-state index in [1.165, 1.54) is 0 Å². The minimum atomic E-state index is -1.05. The molecule has 2 aromatic heterocycles. The Morgan fingerprint density at radius 3 is 2.88 bits per heavy atom. The zero-order valence-electron chi connectivity index (χ0n) is 9.47. The lowest BCUT2D eigenvalue weighted by atomic mass is 9.88. The first-order chi connectivity index (χ1) is 8.19. The molecular formula is C14H13NO2. The molecule has 2 N–H and O–H groups in total. The van der Waals surface area contributed by atoms with Gasteiger partial charge in [0.2, 0.25) is 0 Å². The second-order valence-corrected chi connectivity index (χ2v) is 4.33. The number of nitrogens with one attached hydrogen (secondary N) is 1. The predicted molar refractivity (Wildman–Crippen MR) is 65.7 cm³/mol. The molecule has 3 rings (SSSR count). The molecule has 3 aromatic rings. The van der Waals surface area contributed by atoms with Gasteiger partial charge in [0, 0.05) is 22.7 Å². The molecule has 2 heterocycles. The van der Waals surface area contributed by atoms with E-state index < -0.39 is 5.60 Å². The molecule has 1 unspecified atom stereocenters. The fourth-order valence-corrected chi connectivity index (χ4v) is 2.21. The number of aromatic amines is 1. The molecule has 0 saturated carbocycles. The SMILES string of the molecule is CC(O)(c1ccoc1)c1cccc2[nH]ccc12. The van der Waals surface area contributed by atoms with Gasteiger partial charge in [-0.25, -0.2) is 0 Å². The van der Waals surface area contributed by atoms with Gasteiger partial charge in [0.15, 0.2) is 0 Å². The van der Waals surface area contributed by atoms with Crippen LogP contribution in [-0.2, 0) is 5.60 Å². The molecule has 3 nitrogen and oxygen atoms in total. The van der Waals surface area contributed by atoms with Crippen molar-refractivity contribution in [3.8, 4) is 0 Å². The number of furan rings is 1. The Kier molecular flexibility index (Phi) is 2.09. The van der Waals surface area contributed by atoms with Crippen molar-refractivity contribution in [2.45, 2.75) is 12.5 Å². The number of fused-ring (bicyclic) bond motifs is 1. The molecule has 0 saturated heterocycles. The molecule has 0 bridgehead atoms. The smallest absolute Gasteiger partial charge is 0.116 e. The van der Waals surface area contributed by atoms with Crippen LogP contribution in [0.3, 0.4) is 0 Å². The molecule has 0 spiro atoms. The van der Waals surface area contributed by atoms with Crippen LogP contribution in [0.2, 0.25) is 0 Å². The Morgan fingerprint density at radius 1 is 1.24 bits per heavy atom. The van der Waals surface area contributed by atoms with Gasteiger partial charge in [0.25, 0.3) is 0 Å². The van der Waals surface area contributed by atoms with E-state index in [0.29, 0.717) is 0 Å². The van der Waals surface area contributed by atoms with Crippen LogP contribution in [0.5, 0.6) is 0 Å². The number of aliphatic hydroxyl groups is 1. The maximum Gasteiger partial charge on any atom is 0.116 e. The number of hydrogen-bond acceptors (Lipinski definition) is 2. The standard InChI is InChI=1S/C14H13NO2/c1-14(16,10-6-8-17-9-10)12-3-2-4-13-11(12)5-7-15-13/h2-9,15-16H,1H3. The highest BCUT2D eigenvalue weighted by atomic mass is 16.3. The van der Waals surface area contributed by atoms with E-state index >= 15 is 0 Å². The van der Waals surface area contributed by atoms with Gasteiger partial charge in [0.1, 0.15) is 5.60 Å². The van der Waals surface area contributed by atoms with Crippen molar-refractivity contribution in [1.82, 2.24) is 4.98 Å². The third kappa shape index (κ3) is 1.47. The minimum absolute atomic E-state index is 0.756. The summed E-state index contributed by atoms with van der Waals surface area (Å²) < 4.78 is 5.05. The number of benzene rings is 1. The van der Waals surface area contributed by atoms with Gasteiger partial charge in [-0.05, 0) is 30.7 Å². The Bertz CT molecular complexity index is 635. The summed E-state index contributed by atoms with van der Waals surface area (Å²) in [5, 5.41) is 11.7. The predicted octanol–water partition coefficient (Wildman–Crippen LogP) is 3.02. The van der Waals surface area contributed by atoms with Crippen LogP contribution in [0, 0.1) is 0 Å². The third-order valence-electron chi connectivity index (χ3n) is 3.20. The third-order valence-corrected chi connectivity index (χ3v) is 3.20. The second-order valence-electron chi connectivity index (χ2n) is 4.33. The van der Waals surface area contributed by atoms with Crippen LogP contribution in [0.25, 0.3) is 10.9 Å². The van der Waals surface area contributed by atoms with Crippen LogP contribution < -0.4 is 0 Å². The van der Waals surface area contributed by atoms with Crippen molar-refractivity contribution < 1.29 is 9.52 Å². The molecule has 0 aliphatic rings. The van der Waals surface area contributed by atoms with Crippen LogP contribution in [-0.4, -0.2) is 10.1 Å². The number of hydrogen-bond donors (Lipinski definition) is 2. The van der Waals surface area contributed by atoms with Crippen LogP contribution in [0.4, 0.5) is 0 Å². The van der Waals surface area contributed by atoms with Gasteiger partial charge in [0.05, 0.1) is 12.5 Å². The van der Waals surface area contributed by atoms with Crippen molar-refractivity contribution >= 4 is 10.9 Å². The van der Waals surface area contributed by atoms with E-state index in [1.807, 2.05) is 30.5 Å². The van der Waals surface area contributed by atoms with Crippen molar-refractivity contribution in [3.05, 3.63) is 60.2 Å². The van der Waals surface area contributed by atoms with Gasteiger partial charge >= 0.3 is 0 Å². The average molecular weight is 227 g/mol. The summed E-state index contributed by atoms with van der Waals surface area (Å²) in [6.07, 6.45) is 5.02. The maximum atomic E-state index is 10.7. The minimum Gasteiger partial charge on any atom is -0.472 e. The highest BCUT2D eigenvalue weighted by molar-refractivity contribution is 5.84. The summed E-state index contributed by atoms with van der Waals surface area (Å²) in [6.45, 7) is 1.78. The van der Waals surface area contributed by atoms with Gasteiger partial charge < -0.3 is 14.5 Å². The summed E-state index contributed by atoms with van der Waals surface area (Å²) in [4.78, 5) is 3.14. The highest BCUT2D eigenvalue weighted by Gasteiger charge is 2.28. The summed E-state index contributed by atoms with van der Waals surface area (Å²) in [7, 11) is 0. The number of rotatable bonds is 2. The van der Waals surface area contributed by atoms with Gasteiger partial charge in [-0.1, -0.05) is 12.1 Å². The number of H-pyrrole nitrogens is 1. The van der Waals surface area contributed by atoms with E-state index in [4.69, 9.17) is 4.42 Å². The first-order valence-corrected chi connectivity index (χ1v) is 5.51. The lowest BCUT2D eigenvalue weighted by Crippen LogP contribution is -2.22. The zero-order chi connectivity index (χ0) is 11.9. The molecule has 0 radical (unpaired) electrons. The van der Waals surface area contributed by atoms with Crippen molar-refractivity contribution in [1.29, 1.82) is 0 Å². The largest absolute Gasteiger partial charge is 0.472 e. The Morgan fingerprint density at radius 2 is 2.12 bits per heavy atom. The lowest BCUT2D eigenvalue weighted by Gasteiger charge is -2.23. The normalized spacial score (nSPS) is 14.9. The monoisotopic (exact) mass is 227 g/mol. The highest BCUT2D eigenvalue weighted by Crippen LogP contribution is 2.33. The van der Waals surface area contributed by atoms with Crippen molar-refractivity contribution in [2.75, 3.05) is 0 Å². The van der Waals surface area contributed by atoms with E-state index in [1.54, 1.807) is 25.5 Å². The summed E-state index contributed by atoms with van der Waals surface area (Å²) >= 11 is 0. The fourth-order valence-electron chi connectivity index (χ4n) is 2.21.